The summed E-state index contributed by atoms with van der Waals surface area (Å²) in [6, 6.07) is 12.2. The molecule has 7 heteroatoms. The second-order valence-corrected chi connectivity index (χ2v) is 6.17. The standard InChI is InChI=1S/C18H14Cl2N2O3/c1-25-18(24)13-9-22(16-5-3-2-4-12(13)16)10-17(23)21-11-6-7-14(19)15(20)8-11/h2-9H,10H2,1H3,(H,21,23). The number of benzene rings is 2. The van der Waals surface area contributed by atoms with Gasteiger partial charge in [0, 0.05) is 22.8 Å². The Morgan fingerprint density at radius 1 is 1.12 bits per heavy atom. The van der Waals surface area contributed by atoms with Crippen LogP contribution >= 0.6 is 23.2 Å². The lowest BCUT2D eigenvalue weighted by Crippen LogP contribution is -2.18. The summed E-state index contributed by atoms with van der Waals surface area (Å²) in [5, 5.41) is 4.27. The van der Waals surface area contributed by atoms with Crippen molar-refractivity contribution >= 4 is 51.7 Å². The zero-order valence-corrected chi connectivity index (χ0v) is 14.8. The molecule has 1 N–H and O–H groups in total. The Morgan fingerprint density at radius 3 is 2.60 bits per heavy atom. The Kier molecular flexibility index (Phi) is 4.97. The van der Waals surface area contributed by atoms with Gasteiger partial charge in [-0.2, -0.15) is 0 Å². The maximum Gasteiger partial charge on any atom is 0.340 e. The van der Waals surface area contributed by atoms with Crippen LogP contribution in [-0.4, -0.2) is 23.6 Å². The predicted octanol–water partition coefficient (Wildman–Crippen LogP) is 4.37. The Hall–Kier alpha value is -2.50. The fourth-order valence-corrected chi connectivity index (χ4v) is 2.88. The second kappa shape index (κ2) is 7.17. The highest BCUT2D eigenvalue weighted by molar-refractivity contribution is 6.42. The smallest absolute Gasteiger partial charge is 0.340 e. The lowest BCUT2D eigenvalue weighted by Gasteiger charge is -2.08. The molecule has 0 aliphatic heterocycles. The summed E-state index contributed by atoms with van der Waals surface area (Å²) < 4.78 is 6.51. The minimum atomic E-state index is -0.445. The van der Waals surface area contributed by atoms with Crippen molar-refractivity contribution in [1.29, 1.82) is 0 Å². The van der Waals surface area contributed by atoms with Gasteiger partial charge < -0.3 is 14.6 Å². The van der Waals surface area contributed by atoms with E-state index in [1.165, 1.54) is 7.11 Å². The van der Waals surface area contributed by atoms with Crippen LogP contribution in [0.3, 0.4) is 0 Å². The highest BCUT2D eigenvalue weighted by Crippen LogP contribution is 2.25. The quantitative estimate of drug-likeness (QED) is 0.687. The Balaban J connectivity index is 1.86. The number of nitrogens with one attached hydrogen (secondary N) is 1. The van der Waals surface area contributed by atoms with Crippen LogP contribution in [0.15, 0.2) is 48.7 Å². The van der Waals surface area contributed by atoms with E-state index >= 15 is 0 Å². The minimum Gasteiger partial charge on any atom is -0.465 e. The summed E-state index contributed by atoms with van der Waals surface area (Å²) in [4.78, 5) is 24.3. The molecule has 0 fully saturated rings. The Morgan fingerprint density at radius 2 is 1.88 bits per heavy atom. The van der Waals surface area contributed by atoms with Crippen molar-refractivity contribution in [3.05, 3.63) is 64.3 Å². The molecule has 0 aliphatic carbocycles. The largest absolute Gasteiger partial charge is 0.465 e. The molecule has 1 amide bonds. The summed E-state index contributed by atoms with van der Waals surface area (Å²) in [5.41, 5.74) is 1.73. The van der Waals surface area contributed by atoms with Crippen molar-refractivity contribution in [2.75, 3.05) is 12.4 Å². The van der Waals surface area contributed by atoms with Crippen LogP contribution in [0.4, 0.5) is 5.69 Å². The van der Waals surface area contributed by atoms with Gasteiger partial charge in [0.15, 0.2) is 0 Å². The van der Waals surface area contributed by atoms with Gasteiger partial charge in [-0.05, 0) is 24.3 Å². The van der Waals surface area contributed by atoms with Gasteiger partial charge in [0.25, 0.3) is 0 Å². The van der Waals surface area contributed by atoms with Crippen LogP contribution in [0.5, 0.6) is 0 Å². The average molecular weight is 377 g/mol. The maximum absolute atomic E-state index is 12.3. The number of carbonyl (C=O) groups excluding carboxylic acids is 2. The maximum atomic E-state index is 12.3. The first-order valence-corrected chi connectivity index (χ1v) is 8.16. The van der Waals surface area contributed by atoms with Gasteiger partial charge in [-0.3, -0.25) is 4.79 Å². The van der Waals surface area contributed by atoms with Crippen LogP contribution in [0.2, 0.25) is 10.0 Å². The first kappa shape index (κ1) is 17.3. The monoisotopic (exact) mass is 376 g/mol. The molecule has 0 aliphatic rings. The molecule has 0 atom stereocenters. The van der Waals surface area contributed by atoms with Crippen molar-refractivity contribution in [2.45, 2.75) is 6.54 Å². The topological polar surface area (TPSA) is 60.3 Å². The third kappa shape index (κ3) is 3.62. The second-order valence-electron chi connectivity index (χ2n) is 5.36. The molecule has 2 aromatic carbocycles. The normalized spacial score (nSPS) is 10.7. The lowest BCUT2D eigenvalue weighted by atomic mass is 10.2. The third-order valence-corrected chi connectivity index (χ3v) is 4.45. The van der Waals surface area contributed by atoms with Gasteiger partial charge in [-0.15, -0.1) is 0 Å². The molecule has 1 aromatic heterocycles. The van der Waals surface area contributed by atoms with Crippen LogP contribution in [0.1, 0.15) is 10.4 Å². The van der Waals surface area contributed by atoms with E-state index in [1.54, 1.807) is 29.0 Å². The number of carbonyl (C=O) groups is 2. The number of anilines is 1. The number of ether oxygens (including phenoxy) is 1. The minimum absolute atomic E-state index is 0.0394. The number of hydrogen-bond donors (Lipinski definition) is 1. The first-order chi connectivity index (χ1) is 12.0. The number of amides is 1. The van der Waals surface area contributed by atoms with Crippen LogP contribution in [0.25, 0.3) is 10.9 Å². The number of nitrogens with zero attached hydrogens (tertiary/aromatic N) is 1. The third-order valence-electron chi connectivity index (χ3n) is 3.71. The molecule has 0 bridgehead atoms. The molecule has 3 aromatic rings. The van der Waals surface area contributed by atoms with Crippen LogP contribution < -0.4 is 5.32 Å². The van der Waals surface area contributed by atoms with E-state index in [9.17, 15) is 9.59 Å². The summed E-state index contributed by atoms with van der Waals surface area (Å²) in [6.45, 7) is 0.0394. The molecule has 128 valence electrons. The molecule has 0 spiro atoms. The summed E-state index contributed by atoms with van der Waals surface area (Å²) in [6.07, 6.45) is 1.62. The molecule has 5 nitrogen and oxygen atoms in total. The summed E-state index contributed by atoms with van der Waals surface area (Å²) >= 11 is 11.8. The predicted molar refractivity (Wildman–Crippen MR) is 98.4 cm³/mol. The zero-order valence-electron chi connectivity index (χ0n) is 13.3. The molecule has 0 saturated carbocycles. The van der Waals surface area contributed by atoms with Crippen molar-refractivity contribution in [3.8, 4) is 0 Å². The van der Waals surface area contributed by atoms with Crippen molar-refractivity contribution in [2.24, 2.45) is 0 Å². The summed E-state index contributed by atoms with van der Waals surface area (Å²) in [7, 11) is 1.32. The molecule has 0 radical (unpaired) electrons. The van der Waals surface area contributed by atoms with E-state index in [2.05, 4.69) is 5.32 Å². The highest BCUT2D eigenvalue weighted by atomic mass is 35.5. The molecule has 0 saturated heterocycles. The Labute approximate surface area is 154 Å². The van der Waals surface area contributed by atoms with Gasteiger partial charge in [-0.25, -0.2) is 4.79 Å². The number of rotatable bonds is 4. The van der Waals surface area contributed by atoms with Crippen LogP contribution in [-0.2, 0) is 16.1 Å². The van der Waals surface area contributed by atoms with E-state index in [0.29, 0.717) is 21.3 Å². The SMILES string of the molecule is COC(=O)c1cn(CC(=O)Nc2ccc(Cl)c(Cl)c2)c2ccccc12. The number of esters is 1. The number of hydrogen-bond acceptors (Lipinski definition) is 3. The number of methoxy groups -OCH3 is 1. The number of halogens is 2. The van der Waals surface area contributed by atoms with Gasteiger partial charge in [0.05, 0.1) is 22.7 Å². The van der Waals surface area contributed by atoms with Gasteiger partial charge in [0.2, 0.25) is 5.91 Å². The number of para-hydroxylation sites is 1. The van der Waals surface area contributed by atoms with Crippen molar-refractivity contribution < 1.29 is 14.3 Å². The van der Waals surface area contributed by atoms with Gasteiger partial charge >= 0.3 is 5.97 Å². The molecular weight excluding hydrogens is 363 g/mol. The molecule has 25 heavy (non-hydrogen) atoms. The molecule has 0 unspecified atom stereocenters. The number of fused-ring (bicyclic) bond motifs is 1. The molecular formula is C18H14Cl2N2O3. The zero-order chi connectivity index (χ0) is 18.0. The number of aromatic nitrogens is 1. The van der Waals surface area contributed by atoms with Crippen LogP contribution in [0, 0.1) is 0 Å². The van der Waals surface area contributed by atoms with Gasteiger partial charge in [0.1, 0.15) is 6.54 Å². The lowest BCUT2D eigenvalue weighted by molar-refractivity contribution is -0.116. The summed E-state index contributed by atoms with van der Waals surface area (Å²) in [5.74, 6) is -0.699. The van der Waals surface area contributed by atoms with Gasteiger partial charge in [-0.1, -0.05) is 41.4 Å². The molecule has 1 heterocycles. The van der Waals surface area contributed by atoms with E-state index in [4.69, 9.17) is 27.9 Å². The fraction of sp³-hybridized carbons (Fsp3) is 0.111. The van der Waals surface area contributed by atoms with E-state index in [-0.39, 0.29) is 12.5 Å². The molecule has 3 rings (SSSR count). The van der Waals surface area contributed by atoms with E-state index in [0.717, 1.165) is 10.9 Å². The van der Waals surface area contributed by atoms with Crippen molar-refractivity contribution in [1.82, 2.24) is 4.57 Å². The Bertz CT molecular complexity index is 966. The van der Waals surface area contributed by atoms with E-state index in [1.807, 2.05) is 24.3 Å². The van der Waals surface area contributed by atoms with Crippen molar-refractivity contribution in [3.63, 3.8) is 0 Å². The highest BCUT2D eigenvalue weighted by Gasteiger charge is 2.16. The van der Waals surface area contributed by atoms with E-state index < -0.39 is 5.97 Å². The fourth-order valence-electron chi connectivity index (χ4n) is 2.58. The average Bonchev–Trinajstić information content (AvgIpc) is 2.96. The first-order valence-electron chi connectivity index (χ1n) is 7.40.